The van der Waals surface area contributed by atoms with E-state index in [0.29, 0.717) is 5.82 Å². The van der Waals surface area contributed by atoms with Gasteiger partial charge in [-0.25, -0.2) is 9.97 Å². The van der Waals surface area contributed by atoms with Gasteiger partial charge in [0.1, 0.15) is 17.5 Å². The van der Waals surface area contributed by atoms with Crippen LogP contribution >= 0.6 is 0 Å². The Morgan fingerprint density at radius 1 is 1.24 bits per heavy atom. The Kier molecular flexibility index (Phi) is 5.39. The number of aryl methyl sites for hydroxylation is 1. The van der Waals surface area contributed by atoms with Crippen LogP contribution in [0, 0.1) is 12.3 Å². The van der Waals surface area contributed by atoms with Gasteiger partial charge in [0.25, 0.3) is 0 Å². The third kappa shape index (κ3) is 3.84. The molecule has 0 aliphatic heterocycles. The molecule has 1 aromatic heterocycles. The highest BCUT2D eigenvalue weighted by Crippen LogP contribution is 2.36. The summed E-state index contributed by atoms with van der Waals surface area (Å²) in [5.41, 5.74) is 6.88. The van der Waals surface area contributed by atoms with Crippen molar-refractivity contribution in [2.45, 2.75) is 58.8 Å². The van der Waals surface area contributed by atoms with Gasteiger partial charge < -0.3 is 16.2 Å². The van der Waals surface area contributed by atoms with Crippen molar-refractivity contribution in [2.24, 2.45) is 5.41 Å². The van der Waals surface area contributed by atoms with E-state index >= 15 is 0 Å². The first kappa shape index (κ1) is 16.0. The van der Waals surface area contributed by atoms with E-state index in [1.807, 2.05) is 6.92 Å². The molecule has 0 amide bonds. The molecule has 0 atom stereocenters. The first-order chi connectivity index (χ1) is 10.1. The zero-order chi connectivity index (χ0) is 15.3. The van der Waals surface area contributed by atoms with Gasteiger partial charge in [0.15, 0.2) is 0 Å². The molecule has 1 aliphatic carbocycles. The molecular formula is C16H28N4O. The molecule has 2 rings (SSSR count). The molecular weight excluding hydrogens is 264 g/mol. The molecule has 4 N–H and O–H groups in total. The number of aliphatic hydroxyl groups is 1. The Morgan fingerprint density at radius 2 is 1.95 bits per heavy atom. The monoisotopic (exact) mass is 292 g/mol. The molecule has 1 aliphatic rings. The fraction of sp³-hybridized carbons (Fsp3) is 0.750. The highest BCUT2D eigenvalue weighted by Gasteiger charge is 2.31. The number of aliphatic hydroxyl groups excluding tert-OH is 1. The van der Waals surface area contributed by atoms with Crippen LogP contribution < -0.4 is 11.1 Å². The maximum Gasteiger partial charge on any atom is 0.134 e. The summed E-state index contributed by atoms with van der Waals surface area (Å²) in [6, 6.07) is 0. The second kappa shape index (κ2) is 7.07. The van der Waals surface area contributed by atoms with Gasteiger partial charge >= 0.3 is 0 Å². The molecule has 0 radical (unpaired) electrons. The van der Waals surface area contributed by atoms with Crippen molar-refractivity contribution < 1.29 is 5.11 Å². The second-order valence-electron chi connectivity index (χ2n) is 6.32. The van der Waals surface area contributed by atoms with Crippen molar-refractivity contribution in [1.29, 1.82) is 0 Å². The lowest BCUT2D eigenvalue weighted by molar-refractivity contribution is 0.0943. The van der Waals surface area contributed by atoms with Gasteiger partial charge in [0.05, 0.1) is 6.61 Å². The van der Waals surface area contributed by atoms with Crippen LogP contribution in [-0.2, 0) is 6.42 Å². The summed E-state index contributed by atoms with van der Waals surface area (Å²) >= 11 is 0. The van der Waals surface area contributed by atoms with Gasteiger partial charge in [-0.2, -0.15) is 0 Å². The summed E-state index contributed by atoms with van der Waals surface area (Å²) in [6.45, 7) is 5.04. The number of nitrogens with zero attached hydrogens (tertiary/aromatic N) is 2. The predicted molar refractivity (Wildman–Crippen MR) is 86.3 cm³/mol. The molecule has 1 aromatic rings. The van der Waals surface area contributed by atoms with Crippen LogP contribution in [0.15, 0.2) is 0 Å². The fourth-order valence-electron chi connectivity index (χ4n) is 3.05. The molecule has 5 heteroatoms. The summed E-state index contributed by atoms with van der Waals surface area (Å²) in [7, 11) is 0. The number of anilines is 2. The van der Waals surface area contributed by atoms with Crippen molar-refractivity contribution in [3.8, 4) is 0 Å². The lowest BCUT2D eigenvalue weighted by atomic mass is 9.74. The molecule has 0 spiro atoms. The molecule has 1 saturated carbocycles. The van der Waals surface area contributed by atoms with E-state index in [1.165, 1.54) is 19.3 Å². The van der Waals surface area contributed by atoms with Crippen LogP contribution in [0.2, 0.25) is 0 Å². The quantitative estimate of drug-likeness (QED) is 0.750. The van der Waals surface area contributed by atoms with Crippen LogP contribution in [0.25, 0.3) is 0 Å². The Labute approximate surface area is 127 Å². The second-order valence-corrected chi connectivity index (χ2v) is 6.32. The molecule has 5 nitrogen and oxygen atoms in total. The van der Waals surface area contributed by atoms with Gasteiger partial charge in [-0.1, -0.05) is 26.2 Å². The Morgan fingerprint density at radius 3 is 2.57 bits per heavy atom. The molecule has 0 unspecified atom stereocenters. The smallest absolute Gasteiger partial charge is 0.134 e. The number of nitrogens with one attached hydrogen (secondary N) is 1. The molecule has 21 heavy (non-hydrogen) atoms. The van der Waals surface area contributed by atoms with Crippen molar-refractivity contribution in [1.82, 2.24) is 9.97 Å². The Hall–Kier alpha value is -1.36. The molecule has 1 fully saturated rings. The number of rotatable bonds is 6. The van der Waals surface area contributed by atoms with Gasteiger partial charge in [0.2, 0.25) is 0 Å². The molecule has 118 valence electrons. The first-order valence-corrected chi connectivity index (χ1v) is 8.08. The van der Waals surface area contributed by atoms with Crippen molar-refractivity contribution in [3.63, 3.8) is 0 Å². The van der Waals surface area contributed by atoms with Crippen LogP contribution in [-0.4, -0.2) is 28.2 Å². The fourth-order valence-corrected chi connectivity index (χ4v) is 3.05. The van der Waals surface area contributed by atoms with Crippen molar-refractivity contribution in [3.05, 3.63) is 11.4 Å². The van der Waals surface area contributed by atoms with E-state index in [1.54, 1.807) is 0 Å². The maximum atomic E-state index is 9.78. The summed E-state index contributed by atoms with van der Waals surface area (Å²) in [5, 5.41) is 13.2. The highest BCUT2D eigenvalue weighted by atomic mass is 16.3. The third-order valence-electron chi connectivity index (χ3n) is 4.58. The third-order valence-corrected chi connectivity index (χ3v) is 4.58. The van der Waals surface area contributed by atoms with Gasteiger partial charge in [-0.05, 0) is 26.2 Å². The van der Waals surface area contributed by atoms with Crippen molar-refractivity contribution >= 4 is 11.6 Å². The van der Waals surface area contributed by atoms with E-state index in [9.17, 15) is 5.11 Å². The molecule has 0 saturated heterocycles. The maximum absolute atomic E-state index is 9.78. The normalized spacial score (nSPS) is 17.7. The molecule has 0 aromatic carbocycles. The van der Waals surface area contributed by atoms with E-state index in [0.717, 1.165) is 49.4 Å². The topological polar surface area (TPSA) is 84.1 Å². The molecule has 0 bridgehead atoms. The predicted octanol–water partition coefficient (Wildman–Crippen LogP) is 2.67. The van der Waals surface area contributed by atoms with Crippen LogP contribution in [0.5, 0.6) is 0 Å². The largest absolute Gasteiger partial charge is 0.396 e. The van der Waals surface area contributed by atoms with Crippen LogP contribution in [0.3, 0.4) is 0 Å². The minimum absolute atomic E-state index is 0.00464. The summed E-state index contributed by atoms with van der Waals surface area (Å²) in [4.78, 5) is 8.92. The number of nitrogens with two attached hydrogens (primary N) is 1. The summed E-state index contributed by atoms with van der Waals surface area (Å²) in [6.07, 6.45) is 7.69. The highest BCUT2D eigenvalue weighted by molar-refractivity contribution is 5.54. The summed E-state index contributed by atoms with van der Waals surface area (Å²) < 4.78 is 0. The van der Waals surface area contributed by atoms with Gasteiger partial charge in [-0.3, -0.25) is 0 Å². The van der Waals surface area contributed by atoms with E-state index in [2.05, 4.69) is 22.2 Å². The van der Waals surface area contributed by atoms with E-state index < -0.39 is 0 Å². The van der Waals surface area contributed by atoms with Crippen LogP contribution in [0.4, 0.5) is 11.6 Å². The minimum Gasteiger partial charge on any atom is -0.396 e. The lowest BCUT2D eigenvalue weighted by Gasteiger charge is -2.36. The number of hydrogen-bond donors (Lipinski definition) is 3. The SMILES string of the molecule is CCCc1nc(N)c(C)c(NCC2(CO)CCCCC2)n1. The van der Waals surface area contributed by atoms with Crippen LogP contribution in [0.1, 0.15) is 56.8 Å². The minimum atomic E-state index is -0.00464. The average Bonchev–Trinajstić information content (AvgIpc) is 2.50. The number of hydrogen-bond acceptors (Lipinski definition) is 5. The van der Waals surface area contributed by atoms with E-state index in [-0.39, 0.29) is 12.0 Å². The summed E-state index contributed by atoms with van der Waals surface area (Å²) in [5.74, 6) is 2.17. The lowest BCUT2D eigenvalue weighted by Crippen LogP contribution is -2.36. The molecule has 1 heterocycles. The Balaban J connectivity index is 2.11. The van der Waals surface area contributed by atoms with Gasteiger partial charge in [0, 0.05) is 23.9 Å². The first-order valence-electron chi connectivity index (χ1n) is 8.08. The number of aromatic nitrogens is 2. The zero-order valence-corrected chi connectivity index (χ0v) is 13.3. The number of nitrogen functional groups attached to an aromatic ring is 1. The van der Waals surface area contributed by atoms with Crippen molar-refractivity contribution in [2.75, 3.05) is 24.2 Å². The standard InChI is InChI=1S/C16H28N4O/c1-3-7-13-19-14(17)12(2)15(20-13)18-10-16(11-21)8-5-4-6-9-16/h21H,3-11H2,1-2H3,(H3,17,18,19,20). The van der Waals surface area contributed by atoms with Gasteiger partial charge in [-0.15, -0.1) is 0 Å². The average molecular weight is 292 g/mol. The van der Waals surface area contributed by atoms with E-state index in [4.69, 9.17) is 5.73 Å². The Bertz CT molecular complexity index is 470. The zero-order valence-electron chi connectivity index (χ0n) is 13.3.